The summed E-state index contributed by atoms with van der Waals surface area (Å²) in [4.78, 5) is 0. The fraction of sp³-hybridized carbons (Fsp3) is 0.214. The van der Waals surface area contributed by atoms with Gasteiger partial charge in [0.2, 0.25) is 0 Å². The van der Waals surface area contributed by atoms with E-state index in [2.05, 4.69) is 41.5 Å². The molecule has 0 aromatic heterocycles. The molecule has 0 atom stereocenters. The van der Waals surface area contributed by atoms with Gasteiger partial charge in [0.25, 0.3) is 0 Å². The van der Waals surface area contributed by atoms with Crippen LogP contribution in [0.15, 0.2) is 41.5 Å². The fourth-order valence-corrected chi connectivity index (χ4v) is 2.57. The molecule has 2 N–H and O–H groups in total. The standard InChI is InChI=1S/C14H14N2/c15-16-13-7-3-5-11-9-8-10-4-1-2-6-12(10)14(11)13/h1-2,4,6,8-9H,3,5,7,15H2/b16-13-. The van der Waals surface area contributed by atoms with E-state index in [0.717, 1.165) is 25.0 Å². The Morgan fingerprint density at radius 2 is 1.88 bits per heavy atom. The van der Waals surface area contributed by atoms with Crippen molar-refractivity contribution in [3.8, 4) is 0 Å². The van der Waals surface area contributed by atoms with Crippen molar-refractivity contribution in [2.75, 3.05) is 0 Å². The predicted molar refractivity (Wildman–Crippen MR) is 67.6 cm³/mol. The average Bonchev–Trinajstić information content (AvgIpc) is 2.37. The molecule has 0 unspecified atom stereocenters. The van der Waals surface area contributed by atoms with Crippen molar-refractivity contribution in [2.24, 2.45) is 10.9 Å². The van der Waals surface area contributed by atoms with Gasteiger partial charge in [0, 0.05) is 5.56 Å². The Morgan fingerprint density at radius 3 is 2.75 bits per heavy atom. The number of nitrogens with two attached hydrogens (primary N) is 1. The third-order valence-electron chi connectivity index (χ3n) is 3.32. The van der Waals surface area contributed by atoms with Gasteiger partial charge in [0.05, 0.1) is 5.71 Å². The maximum absolute atomic E-state index is 5.50. The maximum atomic E-state index is 5.50. The SMILES string of the molecule is N/N=C1/CCCc2ccc3ccccc3c21. The second kappa shape index (κ2) is 3.63. The first-order valence-corrected chi connectivity index (χ1v) is 5.68. The van der Waals surface area contributed by atoms with Gasteiger partial charge < -0.3 is 5.84 Å². The number of benzene rings is 2. The summed E-state index contributed by atoms with van der Waals surface area (Å²) in [5, 5.41) is 6.50. The number of hydrogen-bond acceptors (Lipinski definition) is 2. The highest BCUT2D eigenvalue weighted by Crippen LogP contribution is 2.29. The number of rotatable bonds is 0. The monoisotopic (exact) mass is 210 g/mol. The molecule has 0 saturated heterocycles. The van der Waals surface area contributed by atoms with Crippen molar-refractivity contribution in [3.63, 3.8) is 0 Å². The maximum Gasteiger partial charge on any atom is 0.0681 e. The van der Waals surface area contributed by atoms with Crippen LogP contribution < -0.4 is 5.84 Å². The van der Waals surface area contributed by atoms with Crippen molar-refractivity contribution in [1.29, 1.82) is 0 Å². The zero-order chi connectivity index (χ0) is 11.0. The van der Waals surface area contributed by atoms with E-state index in [1.165, 1.54) is 21.9 Å². The topological polar surface area (TPSA) is 38.4 Å². The van der Waals surface area contributed by atoms with E-state index in [1.54, 1.807) is 0 Å². The van der Waals surface area contributed by atoms with Crippen LogP contribution in [0.5, 0.6) is 0 Å². The van der Waals surface area contributed by atoms with Crippen LogP contribution in [0.3, 0.4) is 0 Å². The summed E-state index contributed by atoms with van der Waals surface area (Å²) in [5.41, 5.74) is 3.71. The summed E-state index contributed by atoms with van der Waals surface area (Å²) in [5.74, 6) is 5.50. The molecule has 0 bridgehead atoms. The molecular weight excluding hydrogens is 196 g/mol. The van der Waals surface area contributed by atoms with Gasteiger partial charge in [0.1, 0.15) is 0 Å². The summed E-state index contributed by atoms with van der Waals surface area (Å²) in [7, 11) is 0. The molecule has 0 aliphatic heterocycles. The van der Waals surface area contributed by atoms with E-state index in [1.807, 2.05) is 0 Å². The first-order chi connectivity index (χ1) is 7.90. The van der Waals surface area contributed by atoms with Crippen molar-refractivity contribution in [2.45, 2.75) is 19.3 Å². The van der Waals surface area contributed by atoms with Gasteiger partial charge in [-0.2, -0.15) is 5.10 Å². The molecule has 2 aromatic carbocycles. The van der Waals surface area contributed by atoms with Crippen LogP contribution in [0.1, 0.15) is 24.0 Å². The number of nitrogens with zero attached hydrogens (tertiary/aromatic N) is 1. The molecular formula is C14H14N2. The lowest BCUT2D eigenvalue weighted by Crippen LogP contribution is -2.14. The minimum Gasteiger partial charge on any atom is -0.323 e. The molecule has 1 aliphatic rings. The van der Waals surface area contributed by atoms with E-state index in [4.69, 9.17) is 5.84 Å². The van der Waals surface area contributed by atoms with Gasteiger partial charge in [-0.25, -0.2) is 0 Å². The lowest BCUT2D eigenvalue weighted by Gasteiger charge is -2.19. The highest BCUT2D eigenvalue weighted by molar-refractivity contribution is 6.12. The highest BCUT2D eigenvalue weighted by Gasteiger charge is 2.17. The van der Waals surface area contributed by atoms with E-state index in [-0.39, 0.29) is 0 Å². The molecule has 80 valence electrons. The third kappa shape index (κ3) is 1.30. The summed E-state index contributed by atoms with van der Waals surface area (Å²) >= 11 is 0. The van der Waals surface area contributed by atoms with Crippen molar-refractivity contribution < 1.29 is 0 Å². The largest absolute Gasteiger partial charge is 0.323 e. The van der Waals surface area contributed by atoms with E-state index < -0.39 is 0 Å². The fourth-order valence-electron chi connectivity index (χ4n) is 2.57. The zero-order valence-corrected chi connectivity index (χ0v) is 9.11. The van der Waals surface area contributed by atoms with E-state index in [0.29, 0.717) is 0 Å². The minimum atomic E-state index is 0.998. The Balaban J connectivity index is 2.39. The Labute approximate surface area is 94.8 Å². The predicted octanol–water partition coefficient (Wildman–Crippen LogP) is 2.84. The molecule has 16 heavy (non-hydrogen) atoms. The van der Waals surface area contributed by atoms with E-state index >= 15 is 0 Å². The van der Waals surface area contributed by atoms with Gasteiger partial charge >= 0.3 is 0 Å². The second-order valence-corrected chi connectivity index (χ2v) is 4.25. The first-order valence-electron chi connectivity index (χ1n) is 5.68. The van der Waals surface area contributed by atoms with Gasteiger partial charge in [-0.3, -0.25) is 0 Å². The average molecular weight is 210 g/mol. The molecule has 3 rings (SSSR count). The number of fused-ring (bicyclic) bond motifs is 3. The van der Waals surface area contributed by atoms with Crippen LogP contribution in [0.2, 0.25) is 0 Å². The number of hydrazone groups is 1. The summed E-state index contributed by atoms with van der Waals surface area (Å²) in [6.45, 7) is 0. The van der Waals surface area contributed by atoms with Crippen LogP contribution in [0.25, 0.3) is 10.8 Å². The van der Waals surface area contributed by atoms with Gasteiger partial charge in [0.15, 0.2) is 0 Å². The normalized spacial score (nSPS) is 17.6. The molecule has 0 heterocycles. The van der Waals surface area contributed by atoms with Gasteiger partial charge in [-0.05, 0) is 35.6 Å². The molecule has 2 heteroatoms. The second-order valence-electron chi connectivity index (χ2n) is 4.25. The molecule has 2 nitrogen and oxygen atoms in total. The van der Waals surface area contributed by atoms with Gasteiger partial charge in [-0.1, -0.05) is 36.4 Å². The summed E-state index contributed by atoms with van der Waals surface area (Å²) < 4.78 is 0. The third-order valence-corrected chi connectivity index (χ3v) is 3.32. The smallest absolute Gasteiger partial charge is 0.0681 e. The summed E-state index contributed by atoms with van der Waals surface area (Å²) in [6.07, 6.45) is 3.29. The molecule has 0 saturated carbocycles. The molecule has 0 spiro atoms. The van der Waals surface area contributed by atoms with Crippen molar-refractivity contribution in [1.82, 2.24) is 0 Å². The molecule has 0 radical (unpaired) electrons. The molecule has 1 aliphatic carbocycles. The van der Waals surface area contributed by atoms with Crippen LogP contribution >= 0.6 is 0 Å². The van der Waals surface area contributed by atoms with E-state index in [9.17, 15) is 0 Å². The quantitative estimate of drug-likeness (QED) is 0.527. The first kappa shape index (κ1) is 9.40. The number of aryl methyl sites for hydroxylation is 1. The van der Waals surface area contributed by atoms with Crippen molar-refractivity contribution in [3.05, 3.63) is 47.5 Å². The molecule has 0 amide bonds. The van der Waals surface area contributed by atoms with Crippen LogP contribution in [-0.2, 0) is 6.42 Å². The molecule has 2 aromatic rings. The lowest BCUT2D eigenvalue weighted by atomic mass is 9.86. The van der Waals surface area contributed by atoms with Crippen molar-refractivity contribution >= 4 is 16.5 Å². The Hall–Kier alpha value is -1.83. The Morgan fingerprint density at radius 1 is 1.00 bits per heavy atom. The lowest BCUT2D eigenvalue weighted by molar-refractivity contribution is 0.837. The van der Waals surface area contributed by atoms with Crippen LogP contribution in [0, 0.1) is 0 Å². The zero-order valence-electron chi connectivity index (χ0n) is 9.11. The molecule has 0 fully saturated rings. The van der Waals surface area contributed by atoms with Gasteiger partial charge in [-0.15, -0.1) is 0 Å². The Kier molecular flexibility index (Phi) is 2.13. The van der Waals surface area contributed by atoms with Crippen LogP contribution in [-0.4, -0.2) is 5.71 Å². The van der Waals surface area contributed by atoms with Crippen LogP contribution in [0.4, 0.5) is 0 Å². The number of hydrogen-bond donors (Lipinski definition) is 1. The minimum absolute atomic E-state index is 0.998. The summed E-state index contributed by atoms with van der Waals surface area (Å²) in [6, 6.07) is 12.8. The highest BCUT2D eigenvalue weighted by atomic mass is 15.1. The Bertz CT molecular complexity index is 570.